The first-order valence-corrected chi connectivity index (χ1v) is 10.4. The molecule has 0 saturated carbocycles. The van der Waals surface area contributed by atoms with E-state index in [4.69, 9.17) is 12.2 Å². The van der Waals surface area contributed by atoms with Crippen LogP contribution >= 0.6 is 39.9 Å². The Bertz CT molecular complexity index is 1250. The maximum absolute atomic E-state index is 12.8. The molecule has 0 radical (unpaired) electrons. The summed E-state index contributed by atoms with van der Waals surface area (Å²) in [7, 11) is 0. The number of nitrogens with zero attached hydrogens (tertiary/aromatic N) is 1. The van der Waals surface area contributed by atoms with Gasteiger partial charge >= 0.3 is 0 Å². The summed E-state index contributed by atoms with van der Waals surface area (Å²) >= 11 is 9.72. The van der Waals surface area contributed by atoms with Crippen LogP contribution in [0.5, 0.6) is 0 Å². The van der Waals surface area contributed by atoms with Gasteiger partial charge in [0.05, 0.1) is 10.5 Å². The molecule has 2 amide bonds. The van der Waals surface area contributed by atoms with Crippen LogP contribution in [0.4, 0.5) is 0 Å². The number of para-hydroxylation sites is 1. The molecule has 4 rings (SSSR count). The van der Waals surface area contributed by atoms with Crippen LogP contribution in [0, 0.1) is 0 Å². The van der Waals surface area contributed by atoms with Crippen molar-refractivity contribution in [2.24, 2.45) is 0 Å². The Hall–Kier alpha value is -2.75. The van der Waals surface area contributed by atoms with Crippen molar-refractivity contribution < 1.29 is 9.59 Å². The molecule has 3 aromatic rings. The number of thioether (sulfide) groups is 1. The fourth-order valence-electron chi connectivity index (χ4n) is 2.83. The Kier molecular flexibility index (Phi) is 5.35. The van der Waals surface area contributed by atoms with Gasteiger partial charge in [0.25, 0.3) is 11.8 Å². The fourth-order valence-corrected chi connectivity index (χ4v) is 4.27. The van der Waals surface area contributed by atoms with Gasteiger partial charge in [0.15, 0.2) is 4.32 Å². The molecule has 0 bridgehead atoms. The molecule has 0 atom stereocenters. The Balaban J connectivity index is 1.61. The first-order valence-electron chi connectivity index (χ1n) is 8.39. The van der Waals surface area contributed by atoms with E-state index in [1.807, 2.05) is 24.3 Å². The standard InChI is InChI=1S/C20H12BrN3O3S2/c21-12-7-5-11(6-8-12)9-16-19(27)24(20(28)29-16)23-18(26)14-10-17(25)22-15-4-2-1-3-13(14)15/h1-10H,(H,22,25)(H,23,26). The second-order valence-corrected chi connectivity index (χ2v) is 8.69. The van der Waals surface area contributed by atoms with E-state index in [0.717, 1.165) is 26.8 Å². The molecule has 9 heteroatoms. The molecule has 1 aliphatic heterocycles. The molecule has 2 N–H and O–H groups in total. The van der Waals surface area contributed by atoms with E-state index in [1.54, 1.807) is 30.3 Å². The molecular weight excluding hydrogens is 474 g/mol. The van der Waals surface area contributed by atoms with Crippen LogP contribution in [-0.4, -0.2) is 26.1 Å². The lowest BCUT2D eigenvalue weighted by Gasteiger charge is -2.16. The smallest absolute Gasteiger partial charge is 0.285 e. The number of thiocarbonyl (C=S) groups is 1. The number of hydrazine groups is 1. The van der Waals surface area contributed by atoms with Gasteiger partial charge in [-0.2, -0.15) is 5.01 Å². The summed E-state index contributed by atoms with van der Waals surface area (Å²) in [5.41, 5.74) is 3.64. The monoisotopic (exact) mass is 485 g/mol. The number of amides is 2. The van der Waals surface area contributed by atoms with Crippen LogP contribution in [0.25, 0.3) is 17.0 Å². The average molecular weight is 486 g/mol. The number of fused-ring (bicyclic) bond motifs is 1. The normalized spacial score (nSPS) is 15.3. The largest absolute Gasteiger partial charge is 0.322 e. The number of aromatic nitrogens is 1. The number of halogens is 1. The van der Waals surface area contributed by atoms with Gasteiger partial charge < -0.3 is 4.98 Å². The number of hydrogen-bond donors (Lipinski definition) is 2. The van der Waals surface area contributed by atoms with E-state index in [0.29, 0.717) is 15.8 Å². The molecule has 144 valence electrons. The second kappa shape index (κ2) is 7.94. The minimum absolute atomic E-state index is 0.162. The molecule has 1 aliphatic rings. The van der Waals surface area contributed by atoms with Crippen LogP contribution in [0.1, 0.15) is 15.9 Å². The van der Waals surface area contributed by atoms with Crippen molar-refractivity contribution in [3.8, 4) is 0 Å². The van der Waals surface area contributed by atoms with Crippen LogP contribution in [0.2, 0.25) is 0 Å². The molecule has 0 spiro atoms. The van der Waals surface area contributed by atoms with E-state index in [9.17, 15) is 14.4 Å². The van der Waals surface area contributed by atoms with Gasteiger partial charge in [0, 0.05) is 21.4 Å². The minimum Gasteiger partial charge on any atom is -0.322 e. The van der Waals surface area contributed by atoms with Gasteiger partial charge in [-0.05, 0) is 42.1 Å². The number of rotatable bonds is 3. The number of pyridine rings is 1. The van der Waals surface area contributed by atoms with Crippen molar-refractivity contribution >= 4 is 73.0 Å². The summed E-state index contributed by atoms with van der Waals surface area (Å²) in [6, 6.07) is 15.6. The third-order valence-corrected chi connectivity index (χ3v) is 6.00. The minimum atomic E-state index is -0.589. The lowest BCUT2D eigenvalue weighted by molar-refractivity contribution is -0.123. The first kappa shape index (κ1) is 19.6. The van der Waals surface area contributed by atoms with Gasteiger partial charge in [-0.15, -0.1) is 0 Å². The molecule has 29 heavy (non-hydrogen) atoms. The molecule has 0 unspecified atom stereocenters. The van der Waals surface area contributed by atoms with Gasteiger partial charge in [-0.25, -0.2) is 0 Å². The van der Waals surface area contributed by atoms with Crippen molar-refractivity contribution in [1.82, 2.24) is 15.4 Å². The van der Waals surface area contributed by atoms with Crippen molar-refractivity contribution in [3.63, 3.8) is 0 Å². The SMILES string of the molecule is O=C(NN1C(=O)C(=Cc2ccc(Br)cc2)SC1=S)c1cc(=O)[nH]c2ccccc12. The molecule has 1 saturated heterocycles. The Morgan fingerprint density at radius 1 is 1.14 bits per heavy atom. The number of carbonyl (C=O) groups excluding carboxylic acids is 2. The van der Waals surface area contributed by atoms with Gasteiger partial charge in [-0.1, -0.05) is 58.0 Å². The van der Waals surface area contributed by atoms with Gasteiger partial charge in [0.2, 0.25) is 5.56 Å². The van der Waals surface area contributed by atoms with Crippen molar-refractivity contribution in [1.29, 1.82) is 0 Å². The van der Waals surface area contributed by atoms with E-state index >= 15 is 0 Å². The Morgan fingerprint density at radius 3 is 2.62 bits per heavy atom. The van der Waals surface area contributed by atoms with Crippen LogP contribution in [0.3, 0.4) is 0 Å². The topological polar surface area (TPSA) is 82.3 Å². The molecule has 1 aromatic heterocycles. The lowest BCUT2D eigenvalue weighted by atomic mass is 10.1. The summed E-state index contributed by atoms with van der Waals surface area (Å²) in [5, 5.41) is 1.60. The first-order chi connectivity index (χ1) is 13.9. The predicted octanol–water partition coefficient (Wildman–Crippen LogP) is 3.84. The maximum atomic E-state index is 12.8. The highest BCUT2D eigenvalue weighted by atomic mass is 79.9. The number of nitrogens with one attached hydrogen (secondary N) is 2. The number of aromatic amines is 1. The highest BCUT2D eigenvalue weighted by molar-refractivity contribution is 9.10. The second-order valence-electron chi connectivity index (χ2n) is 6.10. The molecule has 2 aromatic carbocycles. The lowest BCUT2D eigenvalue weighted by Crippen LogP contribution is -2.45. The molecule has 2 heterocycles. The van der Waals surface area contributed by atoms with Crippen LogP contribution < -0.4 is 11.0 Å². The Labute approximate surface area is 183 Å². The highest BCUT2D eigenvalue weighted by Gasteiger charge is 2.34. The zero-order valence-electron chi connectivity index (χ0n) is 14.6. The number of carbonyl (C=O) groups is 2. The van der Waals surface area contributed by atoms with Crippen LogP contribution in [-0.2, 0) is 4.79 Å². The fraction of sp³-hybridized carbons (Fsp3) is 0. The summed E-state index contributed by atoms with van der Waals surface area (Å²) in [4.78, 5) is 40.5. The predicted molar refractivity (Wildman–Crippen MR) is 121 cm³/mol. The summed E-state index contributed by atoms with van der Waals surface area (Å²) < 4.78 is 1.14. The zero-order valence-corrected chi connectivity index (χ0v) is 17.9. The summed E-state index contributed by atoms with van der Waals surface area (Å²) in [6.45, 7) is 0. The quantitative estimate of drug-likeness (QED) is 0.435. The van der Waals surface area contributed by atoms with Gasteiger partial charge in [0.1, 0.15) is 0 Å². The number of H-pyrrole nitrogens is 1. The van der Waals surface area contributed by atoms with Crippen molar-refractivity contribution in [2.75, 3.05) is 0 Å². The van der Waals surface area contributed by atoms with E-state index in [-0.39, 0.29) is 9.88 Å². The van der Waals surface area contributed by atoms with Crippen LogP contribution in [0.15, 0.2) is 68.8 Å². The third-order valence-electron chi connectivity index (χ3n) is 4.17. The highest BCUT2D eigenvalue weighted by Crippen LogP contribution is 2.31. The molecule has 0 aliphatic carbocycles. The maximum Gasteiger partial charge on any atom is 0.285 e. The number of benzene rings is 2. The van der Waals surface area contributed by atoms with Gasteiger partial charge in [-0.3, -0.25) is 19.8 Å². The number of hydrogen-bond acceptors (Lipinski definition) is 5. The summed E-state index contributed by atoms with van der Waals surface area (Å²) in [6.07, 6.45) is 1.71. The zero-order chi connectivity index (χ0) is 20.5. The van der Waals surface area contributed by atoms with E-state index in [2.05, 4.69) is 26.3 Å². The molecule has 6 nitrogen and oxygen atoms in total. The molecular formula is C20H12BrN3O3S2. The van der Waals surface area contributed by atoms with Crippen molar-refractivity contribution in [2.45, 2.75) is 0 Å². The molecule has 1 fully saturated rings. The van der Waals surface area contributed by atoms with E-state index < -0.39 is 17.4 Å². The third kappa shape index (κ3) is 4.02. The Morgan fingerprint density at radius 2 is 1.86 bits per heavy atom. The average Bonchev–Trinajstić information content (AvgIpc) is 2.96. The van der Waals surface area contributed by atoms with Crippen molar-refractivity contribution in [3.05, 3.63) is 85.5 Å². The van der Waals surface area contributed by atoms with E-state index in [1.165, 1.54) is 6.07 Å². The summed E-state index contributed by atoms with van der Waals surface area (Å²) in [5.74, 6) is -1.01.